The number of nitrogens with one attached hydrogen (secondary N) is 1. The van der Waals surface area contributed by atoms with E-state index in [1.807, 2.05) is 36.4 Å². The SMILES string of the molecule is O=C(CCc1ccc(Cl)cc1)NCCc1ccc(S(=O)(=O)N2CCCCCC2)cc1. The average molecular weight is 449 g/mol. The zero-order valence-corrected chi connectivity index (χ0v) is 18.7. The Balaban J connectivity index is 1.45. The minimum Gasteiger partial charge on any atom is -0.356 e. The first-order valence-electron chi connectivity index (χ1n) is 10.6. The lowest BCUT2D eigenvalue weighted by molar-refractivity contribution is -0.121. The van der Waals surface area contributed by atoms with E-state index in [0.717, 1.165) is 36.8 Å². The van der Waals surface area contributed by atoms with Gasteiger partial charge in [0, 0.05) is 31.1 Å². The summed E-state index contributed by atoms with van der Waals surface area (Å²) in [7, 11) is -3.42. The summed E-state index contributed by atoms with van der Waals surface area (Å²) in [5, 5.41) is 3.61. The number of aryl methyl sites for hydroxylation is 1. The fourth-order valence-electron chi connectivity index (χ4n) is 3.60. The van der Waals surface area contributed by atoms with Gasteiger partial charge in [-0.2, -0.15) is 4.31 Å². The number of carbonyl (C=O) groups excluding carboxylic acids is 1. The van der Waals surface area contributed by atoms with Crippen LogP contribution in [0, 0.1) is 0 Å². The van der Waals surface area contributed by atoms with Crippen molar-refractivity contribution in [3.8, 4) is 0 Å². The molecule has 0 bridgehead atoms. The second-order valence-corrected chi connectivity index (χ2v) is 10.1. The van der Waals surface area contributed by atoms with Crippen molar-refractivity contribution in [3.63, 3.8) is 0 Å². The number of carbonyl (C=O) groups is 1. The Morgan fingerprint density at radius 2 is 1.43 bits per heavy atom. The fourth-order valence-corrected chi connectivity index (χ4v) is 5.25. The maximum atomic E-state index is 12.8. The van der Waals surface area contributed by atoms with Crippen LogP contribution in [0.3, 0.4) is 0 Å². The lowest BCUT2D eigenvalue weighted by atomic mass is 10.1. The van der Waals surface area contributed by atoms with Crippen molar-refractivity contribution in [1.29, 1.82) is 0 Å². The number of hydrogen-bond acceptors (Lipinski definition) is 3. The van der Waals surface area contributed by atoms with E-state index in [9.17, 15) is 13.2 Å². The molecule has 1 N–H and O–H groups in total. The first-order valence-corrected chi connectivity index (χ1v) is 12.4. The van der Waals surface area contributed by atoms with Crippen LogP contribution >= 0.6 is 11.6 Å². The van der Waals surface area contributed by atoms with Gasteiger partial charge in [-0.1, -0.05) is 48.7 Å². The molecule has 0 saturated carbocycles. The van der Waals surface area contributed by atoms with E-state index in [0.29, 0.717) is 48.8 Å². The molecule has 0 aromatic heterocycles. The van der Waals surface area contributed by atoms with E-state index >= 15 is 0 Å². The van der Waals surface area contributed by atoms with E-state index in [2.05, 4.69) is 5.32 Å². The van der Waals surface area contributed by atoms with Crippen molar-refractivity contribution in [2.75, 3.05) is 19.6 Å². The monoisotopic (exact) mass is 448 g/mol. The fraction of sp³-hybridized carbons (Fsp3) is 0.435. The van der Waals surface area contributed by atoms with Crippen LogP contribution in [0.5, 0.6) is 0 Å². The molecular formula is C23H29ClN2O3S. The second kappa shape index (κ2) is 10.9. The summed E-state index contributed by atoms with van der Waals surface area (Å²) < 4.78 is 27.3. The Kier molecular flexibility index (Phi) is 8.31. The van der Waals surface area contributed by atoms with Crippen LogP contribution in [0.15, 0.2) is 53.4 Å². The molecule has 1 fully saturated rings. The standard InChI is InChI=1S/C23H29ClN2O3S/c24-21-10-5-19(6-11-21)9-14-23(27)25-16-15-20-7-12-22(13-8-20)30(28,29)26-17-3-1-2-4-18-26/h5-8,10-13H,1-4,9,14-18H2,(H,25,27). The van der Waals surface area contributed by atoms with E-state index < -0.39 is 10.0 Å². The van der Waals surface area contributed by atoms with E-state index in [4.69, 9.17) is 11.6 Å². The van der Waals surface area contributed by atoms with Crippen molar-refractivity contribution in [2.24, 2.45) is 0 Å². The summed E-state index contributed by atoms with van der Waals surface area (Å²) in [5.74, 6) is 0.00492. The van der Waals surface area contributed by atoms with Crippen LogP contribution in [0.1, 0.15) is 43.2 Å². The van der Waals surface area contributed by atoms with E-state index in [-0.39, 0.29) is 5.91 Å². The Labute approximate surface area is 184 Å². The highest BCUT2D eigenvalue weighted by atomic mass is 35.5. The quantitative estimate of drug-likeness (QED) is 0.658. The zero-order valence-electron chi connectivity index (χ0n) is 17.1. The molecule has 30 heavy (non-hydrogen) atoms. The van der Waals surface area contributed by atoms with Crippen molar-refractivity contribution < 1.29 is 13.2 Å². The van der Waals surface area contributed by atoms with Crippen LogP contribution in [0.4, 0.5) is 0 Å². The summed E-state index contributed by atoms with van der Waals surface area (Å²) in [6, 6.07) is 14.5. The largest absolute Gasteiger partial charge is 0.356 e. The average Bonchev–Trinajstić information content (AvgIpc) is 3.04. The van der Waals surface area contributed by atoms with Gasteiger partial charge in [0.05, 0.1) is 4.90 Å². The van der Waals surface area contributed by atoms with E-state index in [1.165, 1.54) is 0 Å². The Morgan fingerprint density at radius 3 is 2.07 bits per heavy atom. The van der Waals surface area contributed by atoms with Gasteiger partial charge in [-0.15, -0.1) is 0 Å². The smallest absolute Gasteiger partial charge is 0.243 e. The van der Waals surface area contributed by atoms with Gasteiger partial charge in [-0.05, 0) is 61.1 Å². The molecule has 1 amide bonds. The van der Waals surface area contributed by atoms with Crippen molar-refractivity contribution >= 4 is 27.5 Å². The van der Waals surface area contributed by atoms with Crippen LogP contribution in [0.2, 0.25) is 5.02 Å². The molecule has 1 heterocycles. The lowest BCUT2D eigenvalue weighted by Crippen LogP contribution is -2.31. The number of rotatable bonds is 8. The van der Waals surface area contributed by atoms with Crippen LogP contribution < -0.4 is 5.32 Å². The summed E-state index contributed by atoms with van der Waals surface area (Å²) in [6.45, 7) is 1.73. The van der Waals surface area contributed by atoms with Crippen LogP contribution in [-0.4, -0.2) is 38.3 Å². The first-order chi connectivity index (χ1) is 14.4. The summed E-state index contributed by atoms with van der Waals surface area (Å²) in [6.07, 6.45) is 5.80. The highest BCUT2D eigenvalue weighted by Gasteiger charge is 2.24. The first kappa shape index (κ1) is 22.8. The molecule has 0 spiro atoms. The van der Waals surface area contributed by atoms with Crippen LogP contribution in [-0.2, 0) is 27.7 Å². The molecule has 1 aliphatic heterocycles. The molecule has 2 aromatic rings. The molecule has 7 heteroatoms. The highest BCUT2D eigenvalue weighted by molar-refractivity contribution is 7.89. The number of hydrogen-bond donors (Lipinski definition) is 1. The second-order valence-electron chi connectivity index (χ2n) is 7.69. The topological polar surface area (TPSA) is 66.5 Å². The molecule has 0 radical (unpaired) electrons. The number of nitrogens with zero attached hydrogens (tertiary/aromatic N) is 1. The van der Waals surface area contributed by atoms with Crippen molar-refractivity contribution in [1.82, 2.24) is 9.62 Å². The van der Waals surface area contributed by atoms with Gasteiger partial charge in [0.1, 0.15) is 0 Å². The number of benzene rings is 2. The predicted octanol–water partition coefficient (Wildman–Crippen LogP) is 4.20. The third kappa shape index (κ3) is 6.56. The zero-order chi connectivity index (χ0) is 21.4. The summed E-state index contributed by atoms with van der Waals surface area (Å²) in [5.41, 5.74) is 2.08. The molecule has 162 valence electrons. The number of halogens is 1. The van der Waals surface area contributed by atoms with Crippen molar-refractivity contribution in [3.05, 3.63) is 64.7 Å². The molecule has 0 unspecified atom stereocenters. The molecule has 1 saturated heterocycles. The minimum atomic E-state index is -3.42. The van der Waals surface area contributed by atoms with Gasteiger partial charge < -0.3 is 5.32 Å². The number of sulfonamides is 1. The molecule has 3 rings (SSSR count). The van der Waals surface area contributed by atoms with Gasteiger partial charge in [0.2, 0.25) is 15.9 Å². The minimum absolute atomic E-state index is 0.00492. The van der Waals surface area contributed by atoms with Gasteiger partial charge in [-0.3, -0.25) is 4.79 Å². The molecule has 0 atom stereocenters. The summed E-state index contributed by atoms with van der Waals surface area (Å²) >= 11 is 5.87. The maximum absolute atomic E-state index is 12.8. The Bertz CT molecular complexity index is 920. The van der Waals surface area contributed by atoms with Gasteiger partial charge in [0.15, 0.2) is 0 Å². The third-order valence-electron chi connectivity index (χ3n) is 5.42. The highest BCUT2D eigenvalue weighted by Crippen LogP contribution is 2.20. The van der Waals surface area contributed by atoms with Gasteiger partial charge in [0.25, 0.3) is 0 Å². The molecule has 2 aromatic carbocycles. The lowest BCUT2D eigenvalue weighted by Gasteiger charge is -2.20. The normalized spacial score (nSPS) is 15.5. The molecule has 0 aliphatic carbocycles. The number of amides is 1. The van der Waals surface area contributed by atoms with Gasteiger partial charge in [-0.25, -0.2) is 8.42 Å². The van der Waals surface area contributed by atoms with Gasteiger partial charge >= 0.3 is 0 Å². The maximum Gasteiger partial charge on any atom is 0.243 e. The molecule has 5 nitrogen and oxygen atoms in total. The Hall–Kier alpha value is -1.89. The predicted molar refractivity (Wildman–Crippen MR) is 120 cm³/mol. The summed E-state index contributed by atoms with van der Waals surface area (Å²) in [4.78, 5) is 12.4. The molecular weight excluding hydrogens is 420 g/mol. The Morgan fingerprint density at radius 1 is 0.867 bits per heavy atom. The third-order valence-corrected chi connectivity index (χ3v) is 7.58. The van der Waals surface area contributed by atoms with Crippen molar-refractivity contribution in [2.45, 2.75) is 49.8 Å². The van der Waals surface area contributed by atoms with Crippen LogP contribution in [0.25, 0.3) is 0 Å². The molecule has 1 aliphatic rings. The van der Waals surface area contributed by atoms with E-state index in [1.54, 1.807) is 16.4 Å².